The van der Waals surface area contributed by atoms with Crippen molar-refractivity contribution in [1.82, 2.24) is 4.98 Å². The van der Waals surface area contributed by atoms with E-state index in [0.29, 0.717) is 11.1 Å². The maximum Gasteiger partial charge on any atom is 0.313 e. The standard InChI is InChI=1S/C19H16N4O3S/c1-2-26-16(25)8-13(24)11-27-19-15(10-21)17(12-6-4-3-5-7-12)14(9-20)18(22)23-19/h3-7H,2,8,11H2,1H3,(H2,22,23). The second-order valence-corrected chi connectivity index (χ2v) is 6.29. The summed E-state index contributed by atoms with van der Waals surface area (Å²) < 4.78 is 4.74. The Morgan fingerprint density at radius 2 is 1.85 bits per heavy atom. The number of ether oxygens (including phenoxy) is 1. The Bertz CT molecular complexity index is 946. The number of nitrogens with two attached hydrogens (primary N) is 1. The zero-order chi connectivity index (χ0) is 19.8. The van der Waals surface area contributed by atoms with Crippen molar-refractivity contribution in [2.75, 3.05) is 18.1 Å². The summed E-state index contributed by atoms with van der Waals surface area (Å²) >= 11 is 1.00. The molecule has 0 bridgehead atoms. The third-order valence-electron chi connectivity index (χ3n) is 3.49. The van der Waals surface area contributed by atoms with Crippen LogP contribution in [0, 0.1) is 22.7 Å². The molecule has 2 rings (SSSR count). The average Bonchev–Trinajstić information content (AvgIpc) is 2.66. The number of rotatable bonds is 7. The number of nitrogens with zero attached hydrogens (tertiary/aromatic N) is 3. The molecule has 0 unspecified atom stereocenters. The van der Waals surface area contributed by atoms with Crippen LogP contribution >= 0.6 is 11.8 Å². The van der Waals surface area contributed by atoms with E-state index in [2.05, 4.69) is 11.1 Å². The molecule has 0 fully saturated rings. The van der Waals surface area contributed by atoms with Gasteiger partial charge in [-0.2, -0.15) is 10.5 Å². The molecule has 0 amide bonds. The summed E-state index contributed by atoms with van der Waals surface area (Å²) in [6, 6.07) is 12.9. The zero-order valence-electron chi connectivity index (χ0n) is 14.6. The van der Waals surface area contributed by atoms with Crippen LogP contribution in [0.3, 0.4) is 0 Å². The number of aromatic nitrogens is 1. The molecule has 0 spiro atoms. The molecule has 0 radical (unpaired) electrons. The van der Waals surface area contributed by atoms with Gasteiger partial charge in [-0.1, -0.05) is 42.1 Å². The minimum atomic E-state index is -0.596. The highest BCUT2D eigenvalue weighted by Crippen LogP contribution is 2.35. The first-order chi connectivity index (χ1) is 13.0. The van der Waals surface area contributed by atoms with Crippen LogP contribution in [-0.2, 0) is 14.3 Å². The molecule has 0 saturated heterocycles. The maximum atomic E-state index is 11.9. The summed E-state index contributed by atoms with van der Waals surface area (Å²) in [6.07, 6.45) is -0.347. The molecule has 2 N–H and O–H groups in total. The number of nitrogen functional groups attached to an aromatic ring is 1. The topological polar surface area (TPSA) is 130 Å². The highest BCUT2D eigenvalue weighted by Gasteiger charge is 2.21. The van der Waals surface area contributed by atoms with Crippen LogP contribution in [0.15, 0.2) is 35.4 Å². The molecule has 0 aliphatic carbocycles. The van der Waals surface area contributed by atoms with E-state index in [9.17, 15) is 20.1 Å². The fraction of sp³-hybridized carbons (Fsp3) is 0.211. The molecule has 0 atom stereocenters. The fourth-order valence-electron chi connectivity index (χ4n) is 2.37. The SMILES string of the molecule is CCOC(=O)CC(=O)CSc1nc(N)c(C#N)c(-c2ccccc2)c1C#N. The lowest BCUT2D eigenvalue weighted by atomic mass is 9.97. The summed E-state index contributed by atoms with van der Waals surface area (Å²) in [7, 11) is 0. The van der Waals surface area contributed by atoms with Crippen molar-refractivity contribution in [2.45, 2.75) is 18.4 Å². The van der Waals surface area contributed by atoms with E-state index in [-0.39, 0.29) is 46.5 Å². The van der Waals surface area contributed by atoms with Gasteiger partial charge in [0.25, 0.3) is 0 Å². The first-order valence-corrected chi connectivity index (χ1v) is 8.99. The summed E-state index contributed by atoms with van der Waals surface area (Å²) in [5, 5.41) is 19.3. The molecule has 27 heavy (non-hydrogen) atoms. The van der Waals surface area contributed by atoms with Crippen molar-refractivity contribution in [3.8, 4) is 23.3 Å². The lowest BCUT2D eigenvalue weighted by Crippen LogP contribution is -2.13. The van der Waals surface area contributed by atoms with Gasteiger partial charge in [0.15, 0.2) is 5.78 Å². The van der Waals surface area contributed by atoms with Crippen LogP contribution in [-0.4, -0.2) is 29.1 Å². The monoisotopic (exact) mass is 380 g/mol. The smallest absolute Gasteiger partial charge is 0.313 e. The predicted octanol–water partition coefficient (Wildman–Crippen LogP) is 2.69. The number of benzene rings is 1. The Morgan fingerprint density at radius 1 is 1.19 bits per heavy atom. The molecular weight excluding hydrogens is 364 g/mol. The van der Waals surface area contributed by atoms with Crippen LogP contribution in [0.1, 0.15) is 24.5 Å². The van der Waals surface area contributed by atoms with Crippen molar-refractivity contribution in [3.05, 3.63) is 41.5 Å². The Labute approximate surface area is 160 Å². The number of pyridine rings is 1. The van der Waals surface area contributed by atoms with E-state index < -0.39 is 5.97 Å². The van der Waals surface area contributed by atoms with Gasteiger partial charge in [0, 0.05) is 5.56 Å². The van der Waals surface area contributed by atoms with Crippen molar-refractivity contribution in [2.24, 2.45) is 0 Å². The van der Waals surface area contributed by atoms with E-state index in [1.807, 2.05) is 12.1 Å². The van der Waals surface area contributed by atoms with E-state index >= 15 is 0 Å². The van der Waals surface area contributed by atoms with Gasteiger partial charge < -0.3 is 10.5 Å². The van der Waals surface area contributed by atoms with Crippen LogP contribution in [0.4, 0.5) is 5.82 Å². The Balaban J connectivity index is 2.37. The third kappa shape index (κ3) is 4.84. The van der Waals surface area contributed by atoms with Crippen LogP contribution in [0.5, 0.6) is 0 Å². The summed E-state index contributed by atoms with van der Waals surface area (Å²) in [4.78, 5) is 27.5. The molecule has 1 aromatic heterocycles. The molecular formula is C19H16N4O3S. The summed E-state index contributed by atoms with van der Waals surface area (Å²) in [5.74, 6) is -1.04. The van der Waals surface area contributed by atoms with Gasteiger partial charge in [0.2, 0.25) is 0 Å². The number of thioether (sulfide) groups is 1. The van der Waals surface area contributed by atoms with Crippen molar-refractivity contribution in [1.29, 1.82) is 10.5 Å². The molecule has 1 aromatic carbocycles. The van der Waals surface area contributed by atoms with Crippen molar-refractivity contribution < 1.29 is 14.3 Å². The Hall–Kier alpha value is -3.36. The lowest BCUT2D eigenvalue weighted by molar-refractivity contribution is -0.145. The number of ketones is 1. The van der Waals surface area contributed by atoms with E-state index in [1.54, 1.807) is 31.2 Å². The zero-order valence-corrected chi connectivity index (χ0v) is 15.4. The van der Waals surface area contributed by atoms with Crippen LogP contribution < -0.4 is 5.73 Å². The molecule has 0 aliphatic rings. The Kier molecular flexibility index (Phi) is 6.93. The summed E-state index contributed by atoms with van der Waals surface area (Å²) in [6.45, 7) is 1.86. The third-order valence-corrected chi connectivity index (χ3v) is 4.53. The minimum Gasteiger partial charge on any atom is -0.466 e. The summed E-state index contributed by atoms with van der Waals surface area (Å²) in [5.41, 5.74) is 7.22. The van der Waals surface area contributed by atoms with Crippen LogP contribution in [0.2, 0.25) is 0 Å². The normalized spacial score (nSPS) is 9.89. The Morgan fingerprint density at radius 3 is 2.44 bits per heavy atom. The van der Waals surface area contributed by atoms with Crippen LogP contribution in [0.25, 0.3) is 11.1 Å². The van der Waals surface area contributed by atoms with Gasteiger partial charge in [-0.05, 0) is 12.5 Å². The van der Waals surface area contributed by atoms with Gasteiger partial charge in [0.05, 0.1) is 17.9 Å². The number of nitriles is 2. The lowest BCUT2D eigenvalue weighted by Gasteiger charge is -2.12. The number of anilines is 1. The quantitative estimate of drug-likeness (QED) is 0.441. The highest BCUT2D eigenvalue weighted by atomic mass is 32.2. The maximum absolute atomic E-state index is 11.9. The first kappa shape index (κ1) is 20.0. The molecule has 2 aromatic rings. The molecule has 1 heterocycles. The van der Waals surface area contributed by atoms with Crippen molar-refractivity contribution in [3.63, 3.8) is 0 Å². The second kappa shape index (κ2) is 9.37. The van der Waals surface area contributed by atoms with E-state index in [1.165, 1.54) is 0 Å². The highest BCUT2D eigenvalue weighted by molar-refractivity contribution is 8.00. The number of carbonyl (C=O) groups excluding carboxylic acids is 2. The number of hydrogen-bond donors (Lipinski definition) is 1. The molecule has 8 heteroatoms. The van der Waals surface area contributed by atoms with Gasteiger partial charge in [-0.3, -0.25) is 9.59 Å². The fourth-order valence-corrected chi connectivity index (χ4v) is 3.22. The van der Waals surface area contributed by atoms with E-state index in [0.717, 1.165) is 11.8 Å². The first-order valence-electron chi connectivity index (χ1n) is 8.01. The largest absolute Gasteiger partial charge is 0.466 e. The second-order valence-electron chi connectivity index (χ2n) is 5.33. The van der Waals surface area contributed by atoms with Gasteiger partial charge in [-0.25, -0.2) is 4.98 Å². The molecule has 0 saturated carbocycles. The number of Topliss-reactive ketones (excluding diaryl/α,β-unsaturated/α-hetero) is 1. The predicted molar refractivity (Wildman–Crippen MR) is 100 cm³/mol. The van der Waals surface area contributed by atoms with Gasteiger partial charge >= 0.3 is 5.97 Å². The number of carbonyl (C=O) groups is 2. The molecule has 0 aliphatic heterocycles. The van der Waals surface area contributed by atoms with Crippen molar-refractivity contribution >= 4 is 29.3 Å². The number of esters is 1. The number of hydrogen-bond acceptors (Lipinski definition) is 8. The molecule has 7 nitrogen and oxygen atoms in total. The van der Waals surface area contributed by atoms with Gasteiger partial charge in [0.1, 0.15) is 35.0 Å². The van der Waals surface area contributed by atoms with E-state index in [4.69, 9.17) is 10.5 Å². The minimum absolute atomic E-state index is 0.0179. The molecule has 136 valence electrons. The average molecular weight is 380 g/mol. The van der Waals surface area contributed by atoms with Gasteiger partial charge in [-0.15, -0.1) is 0 Å².